The lowest BCUT2D eigenvalue weighted by Gasteiger charge is -2.33. The van der Waals surface area contributed by atoms with Crippen molar-refractivity contribution in [3.05, 3.63) is 0 Å². The molecule has 0 aromatic carbocycles. The van der Waals surface area contributed by atoms with Gasteiger partial charge in [-0.25, -0.2) is 0 Å². The van der Waals surface area contributed by atoms with Crippen molar-refractivity contribution in [1.82, 2.24) is 9.80 Å². The third-order valence-electron chi connectivity index (χ3n) is 2.26. The summed E-state index contributed by atoms with van der Waals surface area (Å²) < 4.78 is 0. The van der Waals surface area contributed by atoms with Crippen LogP contribution in [0.5, 0.6) is 0 Å². The molecule has 13 heavy (non-hydrogen) atoms. The summed E-state index contributed by atoms with van der Waals surface area (Å²) >= 11 is 0. The predicted molar refractivity (Wildman–Crippen MR) is 49.4 cm³/mol. The van der Waals surface area contributed by atoms with E-state index in [0.717, 1.165) is 26.2 Å². The molecule has 0 spiro atoms. The Balaban J connectivity index is 2.30. The van der Waals surface area contributed by atoms with Gasteiger partial charge in [0, 0.05) is 33.1 Å². The van der Waals surface area contributed by atoms with E-state index in [1.807, 2.05) is 4.90 Å². The molecule has 4 nitrogen and oxygen atoms in total. The number of piperazine rings is 1. The van der Waals surface area contributed by atoms with E-state index in [0.29, 0.717) is 6.54 Å². The molecule has 1 rings (SSSR count). The number of Topliss-reactive ketones (excluding diaryl/α,β-unsaturated/α-hetero) is 1. The molecular formula is C9H16N2O2. The lowest BCUT2D eigenvalue weighted by molar-refractivity contribution is -0.130. The van der Waals surface area contributed by atoms with Gasteiger partial charge >= 0.3 is 0 Å². The first-order valence-corrected chi connectivity index (χ1v) is 4.57. The van der Waals surface area contributed by atoms with Gasteiger partial charge < -0.3 is 4.90 Å². The number of carbonyl (C=O) groups is 2. The molecule has 1 aliphatic rings. The number of hydrogen-bond acceptors (Lipinski definition) is 3. The first-order valence-electron chi connectivity index (χ1n) is 4.57. The quantitative estimate of drug-likeness (QED) is 0.593. The van der Waals surface area contributed by atoms with Gasteiger partial charge in [0.25, 0.3) is 0 Å². The molecule has 0 saturated carbocycles. The van der Waals surface area contributed by atoms with Crippen LogP contribution in [0, 0.1) is 0 Å². The van der Waals surface area contributed by atoms with Gasteiger partial charge in [-0.3, -0.25) is 14.5 Å². The standard InChI is InChI=1S/C9H16N2O2/c1-8(12)7-10-3-5-11(6-4-10)9(2)13/h3-7H2,1-2H3. The fraction of sp³-hybridized carbons (Fsp3) is 0.778. The number of hydrogen-bond donors (Lipinski definition) is 0. The van der Waals surface area contributed by atoms with Crippen LogP contribution in [0.15, 0.2) is 0 Å². The summed E-state index contributed by atoms with van der Waals surface area (Å²) in [5.74, 6) is 0.318. The maximum atomic E-state index is 11.0. The fourth-order valence-corrected chi connectivity index (χ4v) is 1.54. The highest BCUT2D eigenvalue weighted by atomic mass is 16.2. The summed E-state index contributed by atoms with van der Waals surface area (Å²) in [6.07, 6.45) is 0. The Labute approximate surface area is 78.5 Å². The number of ketones is 1. The van der Waals surface area contributed by atoms with Crippen LogP contribution in [0.25, 0.3) is 0 Å². The highest BCUT2D eigenvalue weighted by molar-refractivity contribution is 5.77. The fourth-order valence-electron chi connectivity index (χ4n) is 1.54. The van der Waals surface area contributed by atoms with E-state index in [4.69, 9.17) is 0 Å². The van der Waals surface area contributed by atoms with Gasteiger partial charge in [-0.2, -0.15) is 0 Å². The molecule has 0 atom stereocenters. The highest BCUT2D eigenvalue weighted by Gasteiger charge is 2.18. The largest absolute Gasteiger partial charge is 0.340 e. The van der Waals surface area contributed by atoms with Crippen molar-refractivity contribution < 1.29 is 9.59 Å². The lowest BCUT2D eigenvalue weighted by Crippen LogP contribution is -2.49. The second-order valence-electron chi connectivity index (χ2n) is 3.48. The van der Waals surface area contributed by atoms with Crippen LogP contribution in [0.2, 0.25) is 0 Å². The van der Waals surface area contributed by atoms with Gasteiger partial charge in [-0.1, -0.05) is 0 Å². The number of amides is 1. The van der Waals surface area contributed by atoms with Crippen molar-refractivity contribution in [2.45, 2.75) is 13.8 Å². The summed E-state index contributed by atoms with van der Waals surface area (Å²) in [5.41, 5.74) is 0. The zero-order valence-corrected chi connectivity index (χ0v) is 8.25. The molecule has 1 amide bonds. The summed E-state index contributed by atoms with van der Waals surface area (Å²) in [5, 5.41) is 0. The van der Waals surface area contributed by atoms with Gasteiger partial charge in [-0.15, -0.1) is 0 Å². The van der Waals surface area contributed by atoms with Crippen molar-refractivity contribution in [3.63, 3.8) is 0 Å². The Morgan fingerprint density at radius 3 is 2.00 bits per heavy atom. The summed E-state index contributed by atoms with van der Waals surface area (Å²) in [7, 11) is 0. The molecule has 1 aliphatic heterocycles. The molecule has 0 aromatic heterocycles. The molecule has 1 heterocycles. The lowest BCUT2D eigenvalue weighted by atomic mass is 10.3. The minimum atomic E-state index is 0.127. The SMILES string of the molecule is CC(=O)CN1CCN(C(C)=O)CC1. The third kappa shape index (κ3) is 3.14. The van der Waals surface area contributed by atoms with Crippen LogP contribution in [0.3, 0.4) is 0 Å². The highest BCUT2D eigenvalue weighted by Crippen LogP contribution is 2.01. The molecule has 1 fully saturated rings. The molecule has 1 saturated heterocycles. The molecule has 0 aromatic rings. The Morgan fingerprint density at radius 2 is 1.62 bits per heavy atom. The molecule has 0 unspecified atom stereocenters. The third-order valence-corrected chi connectivity index (χ3v) is 2.26. The Kier molecular flexibility index (Phi) is 3.42. The molecule has 0 aliphatic carbocycles. The Hall–Kier alpha value is -0.900. The molecule has 0 bridgehead atoms. The van der Waals surface area contributed by atoms with E-state index < -0.39 is 0 Å². The normalized spacial score (nSPS) is 18.8. The van der Waals surface area contributed by atoms with Crippen LogP contribution < -0.4 is 0 Å². The van der Waals surface area contributed by atoms with Gasteiger partial charge in [0.2, 0.25) is 5.91 Å². The minimum absolute atomic E-state index is 0.127. The van der Waals surface area contributed by atoms with E-state index in [-0.39, 0.29) is 11.7 Å². The number of nitrogens with zero attached hydrogens (tertiary/aromatic N) is 2. The van der Waals surface area contributed by atoms with Crippen molar-refractivity contribution in [2.75, 3.05) is 32.7 Å². The zero-order chi connectivity index (χ0) is 9.84. The van der Waals surface area contributed by atoms with Gasteiger partial charge in [-0.05, 0) is 6.92 Å². The molecule has 4 heteroatoms. The van der Waals surface area contributed by atoms with E-state index in [9.17, 15) is 9.59 Å². The Morgan fingerprint density at radius 1 is 1.08 bits per heavy atom. The number of carbonyl (C=O) groups excluding carboxylic acids is 2. The van der Waals surface area contributed by atoms with Gasteiger partial charge in [0.1, 0.15) is 5.78 Å². The van der Waals surface area contributed by atoms with Crippen LogP contribution in [0.1, 0.15) is 13.8 Å². The first-order chi connectivity index (χ1) is 6.09. The van der Waals surface area contributed by atoms with E-state index >= 15 is 0 Å². The Bertz CT molecular complexity index is 208. The van der Waals surface area contributed by atoms with Crippen LogP contribution in [-0.4, -0.2) is 54.2 Å². The zero-order valence-electron chi connectivity index (χ0n) is 8.25. The van der Waals surface area contributed by atoms with Crippen molar-refractivity contribution in [2.24, 2.45) is 0 Å². The first kappa shape index (κ1) is 10.2. The minimum Gasteiger partial charge on any atom is -0.340 e. The van der Waals surface area contributed by atoms with Gasteiger partial charge in [0.15, 0.2) is 0 Å². The second-order valence-corrected chi connectivity index (χ2v) is 3.48. The van der Waals surface area contributed by atoms with Crippen molar-refractivity contribution >= 4 is 11.7 Å². The molecule has 0 N–H and O–H groups in total. The smallest absolute Gasteiger partial charge is 0.219 e. The van der Waals surface area contributed by atoms with Crippen molar-refractivity contribution in [3.8, 4) is 0 Å². The number of rotatable bonds is 2. The average Bonchev–Trinajstić information content (AvgIpc) is 2.04. The van der Waals surface area contributed by atoms with E-state index in [2.05, 4.69) is 4.90 Å². The van der Waals surface area contributed by atoms with E-state index in [1.54, 1.807) is 13.8 Å². The van der Waals surface area contributed by atoms with Gasteiger partial charge in [0.05, 0.1) is 6.54 Å². The van der Waals surface area contributed by atoms with E-state index in [1.165, 1.54) is 0 Å². The van der Waals surface area contributed by atoms with Crippen molar-refractivity contribution in [1.29, 1.82) is 0 Å². The summed E-state index contributed by atoms with van der Waals surface area (Å²) in [6, 6.07) is 0. The van der Waals surface area contributed by atoms with Crippen LogP contribution in [-0.2, 0) is 9.59 Å². The monoisotopic (exact) mass is 184 g/mol. The van der Waals surface area contributed by atoms with Crippen LogP contribution >= 0.6 is 0 Å². The topological polar surface area (TPSA) is 40.6 Å². The summed E-state index contributed by atoms with van der Waals surface area (Å²) in [6.45, 7) is 6.84. The van der Waals surface area contributed by atoms with Crippen LogP contribution in [0.4, 0.5) is 0 Å². The predicted octanol–water partition coefficient (Wildman–Crippen LogP) is -0.261. The maximum absolute atomic E-state index is 11.0. The summed E-state index contributed by atoms with van der Waals surface area (Å²) in [4.78, 5) is 25.7. The molecule has 0 radical (unpaired) electrons. The molecule has 74 valence electrons. The maximum Gasteiger partial charge on any atom is 0.219 e. The second kappa shape index (κ2) is 4.37. The molecular weight excluding hydrogens is 168 g/mol. The average molecular weight is 184 g/mol.